The number of ether oxygens (including phenoxy) is 11. The molecule has 2 unspecified atom stereocenters. The third-order valence-electron chi connectivity index (χ3n) is 16.7. The zero-order valence-electron chi connectivity index (χ0n) is 57.0. The topological polar surface area (TPSA) is 221 Å². The van der Waals surface area contributed by atoms with E-state index in [0.29, 0.717) is 149 Å². The molecule has 18 heteroatoms. The third kappa shape index (κ3) is 45.4. The fourth-order valence-corrected chi connectivity index (χ4v) is 10.9. The van der Waals surface area contributed by atoms with Gasteiger partial charge in [0.2, 0.25) is 0 Å². The van der Waals surface area contributed by atoms with E-state index in [1.165, 1.54) is 108 Å². The molecular formula is C74H118O18. The number of hydrogen-bond donors (Lipinski definition) is 0. The van der Waals surface area contributed by atoms with Crippen molar-refractivity contribution >= 4 is 41.6 Å². The quantitative estimate of drug-likeness (QED) is 0.0141. The van der Waals surface area contributed by atoms with E-state index in [9.17, 15) is 33.6 Å². The van der Waals surface area contributed by atoms with Crippen molar-refractivity contribution in [2.45, 2.75) is 182 Å². The summed E-state index contributed by atoms with van der Waals surface area (Å²) >= 11 is 0. The van der Waals surface area contributed by atoms with Gasteiger partial charge in [-0.05, 0) is 182 Å². The maximum Gasteiger partial charge on any atom is 0.508 e. The lowest BCUT2D eigenvalue weighted by Crippen LogP contribution is -2.25. The summed E-state index contributed by atoms with van der Waals surface area (Å²) in [5.74, 6) is 2.82. The predicted octanol–water partition coefficient (Wildman–Crippen LogP) is 14.8. The van der Waals surface area contributed by atoms with Gasteiger partial charge in [0.1, 0.15) is 6.61 Å². The van der Waals surface area contributed by atoms with Crippen molar-refractivity contribution in [1.29, 1.82) is 0 Å². The molecule has 0 bridgehead atoms. The van der Waals surface area contributed by atoms with Gasteiger partial charge in [0, 0.05) is 49.4 Å². The van der Waals surface area contributed by atoms with Crippen LogP contribution in [0.4, 0.5) is 4.79 Å². The summed E-state index contributed by atoms with van der Waals surface area (Å²) in [5.41, 5.74) is 2.01. The Hall–Kier alpha value is -5.95. The molecule has 0 aliphatic heterocycles. The SMILES string of the molecule is C=C(C)C(=O)CCOCCOCC1CCC(COCCOCCC(=O)C(=C)C)CC1.C=C(C)C(=O)OCC1CCCC(COC(=O)C(=C)C)C1.C=CC(=O)OCC1CCC(COC(=O)C=C)CC1.C=CCOC(=O)OCC1CCCCC1.C=COCC1CCCCC1. The first-order valence-electron chi connectivity index (χ1n) is 33.8. The van der Waals surface area contributed by atoms with E-state index in [1.807, 2.05) is 0 Å². The van der Waals surface area contributed by atoms with Crippen molar-refractivity contribution in [3.05, 3.63) is 99.4 Å². The van der Waals surface area contributed by atoms with E-state index in [0.717, 1.165) is 77.1 Å². The monoisotopic (exact) mass is 1290 g/mol. The van der Waals surface area contributed by atoms with Crippen LogP contribution in [0.3, 0.4) is 0 Å². The van der Waals surface area contributed by atoms with Gasteiger partial charge >= 0.3 is 30.0 Å². The van der Waals surface area contributed by atoms with E-state index in [1.54, 1.807) is 34.0 Å². The largest absolute Gasteiger partial charge is 0.508 e. The normalized spacial score (nSPS) is 20.3. The molecule has 5 aliphatic carbocycles. The molecule has 0 spiro atoms. The minimum absolute atomic E-state index is 0.0549. The lowest BCUT2D eigenvalue weighted by atomic mass is 9.82. The molecule has 92 heavy (non-hydrogen) atoms. The Balaban J connectivity index is 0.000000601. The number of Topliss-reactive ketones (excluding diaryl/α,β-unsaturated/α-hetero) is 2. The Morgan fingerprint density at radius 1 is 0.348 bits per heavy atom. The van der Waals surface area contributed by atoms with E-state index < -0.39 is 6.16 Å². The highest BCUT2D eigenvalue weighted by molar-refractivity contribution is 5.94. The summed E-state index contributed by atoms with van der Waals surface area (Å²) in [7, 11) is 0. The number of rotatable bonds is 37. The van der Waals surface area contributed by atoms with Gasteiger partial charge in [-0.2, -0.15) is 0 Å². The zero-order valence-corrected chi connectivity index (χ0v) is 57.0. The molecule has 0 amide bonds. The minimum Gasteiger partial charge on any atom is -0.502 e. The summed E-state index contributed by atoms with van der Waals surface area (Å²) in [6, 6.07) is 0. The van der Waals surface area contributed by atoms with Gasteiger partial charge in [-0.25, -0.2) is 24.0 Å². The Bertz CT molecular complexity index is 2070. The van der Waals surface area contributed by atoms with Crippen LogP contribution >= 0.6 is 0 Å². The standard InChI is InChI=1S/C24H40O6.C16H24O4.C14H20O4.C11H18O3.C9H16O/c1-19(2)23(25)9-11-27-13-15-29-17-21-5-7-22(8-6-21)18-30-16-14-28-12-10-24(26)20(3)4;1-11(2)15(17)19-9-13-6-5-7-14(8-13)10-20-16(18)12(3)4;1-3-13(15)17-9-11-5-7-12(8-6-11)10-18-14(16)4-2;1-2-8-13-11(12)14-9-10-6-4-3-5-7-10;1-2-10-8-9-6-4-3-5-7-9/h21-22H,1,3,5-18H2,2,4H3;13-14H,1,3,5-10H2,2,4H3;3-4,11-12H,1-2,5-10H2;2,10H,1,3-9H2;2,9H,1,3-8H2. The van der Waals surface area contributed by atoms with E-state index in [4.69, 9.17) is 52.1 Å². The van der Waals surface area contributed by atoms with Gasteiger partial charge in [-0.1, -0.05) is 104 Å². The summed E-state index contributed by atoms with van der Waals surface area (Å²) in [6.07, 6.45) is 31.5. The Kier molecular flexibility index (Phi) is 49.7. The number of hydrogen-bond acceptors (Lipinski definition) is 18. The molecule has 0 N–H and O–H groups in total. The van der Waals surface area contributed by atoms with Crippen molar-refractivity contribution in [3.63, 3.8) is 0 Å². The van der Waals surface area contributed by atoms with Crippen molar-refractivity contribution in [2.24, 2.45) is 47.3 Å². The highest BCUT2D eigenvalue weighted by atomic mass is 16.7. The second-order valence-electron chi connectivity index (χ2n) is 25.0. The predicted molar refractivity (Wildman–Crippen MR) is 359 cm³/mol. The van der Waals surface area contributed by atoms with Crippen molar-refractivity contribution in [1.82, 2.24) is 0 Å². The summed E-state index contributed by atoms with van der Waals surface area (Å²) in [6.45, 7) is 42.8. The second kappa shape index (κ2) is 54.4. The van der Waals surface area contributed by atoms with Crippen LogP contribution in [0.2, 0.25) is 0 Å². The minimum atomic E-state index is -0.574. The van der Waals surface area contributed by atoms with Crippen LogP contribution in [0.25, 0.3) is 0 Å². The van der Waals surface area contributed by atoms with Crippen LogP contribution in [-0.2, 0) is 80.9 Å². The molecule has 0 aromatic heterocycles. The van der Waals surface area contributed by atoms with Gasteiger partial charge in [0.25, 0.3) is 0 Å². The van der Waals surface area contributed by atoms with Crippen LogP contribution in [0.15, 0.2) is 99.4 Å². The molecule has 18 nitrogen and oxygen atoms in total. The Labute approximate surface area is 552 Å². The van der Waals surface area contributed by atoms with Crippen molar-refractivity contribution in [3.8, 4) is 0 Å². The number of allylic oxidation sites excluding steroid dienone is 2. The number of carbonyl (C=O) groups is 7. The molecule has 0 saturated heterocycles. The molecule has 0 aromatic carbocycles. The number of ketones is 2. The van der Waals surface area contributed by atoms with Gasteiger partial charge < -0.3 is 52.1 Å². The molecular weight excluding hydrogens is 1180 g/mol. The zero-order chi connectivity index (χ0) is 68.2. The van der Waals surface area contributed by atoms with Gasteiger partial charge in [0.05, 0.1) is 85.5 Å². The van der Waals surface area contributed by atoms with Crippen LogP contribution in [0.5, 0.6) is 0 Å². The molecule has 5 aliphatic rings. The van der Waals surface area contributed by atoms with Crippen molar-refractivity contribution < 1.29 is 85.7 Å². The maximum atomic E-state index is 11.4. The van der Waals surface area contributed by atoms with E-state index in [-0.39, 0.29) is 42.1 Å². The molecule has 5 saturated carbocycles. The highest BCUT2D eigenvalue weighted by Crippen LogP contribution is 2.32. The smallest absolute Gasteiger partial charge is 0.502 e. The van der Waals surface area contributed by atoms with Crippen molar-refractivity contribution in [2.75, 3.05) is 99.1 Å². The van der Waals surface area contributed by atoms with Gasteiger partial charge in [-0.15, -0.1) is 0 Å². The fraction of sp³-hybridized carbons (Fsp3) is 0.689. The highest BCUT2D eigenvalue weighted by Gasteiger charge is 2.26. The third-order valence-corrected chi connectivity index (χ3v) is 16.7. The molecule has 5 fully saturated rings. The first kappa shape index (κ1) is 84.1. The Morgan fingerprint density at radius 3 is 1.04 bits per heavy atom. The summed E-state index contributed by atoms with van der Waals surface area (Å²) < 4.78 is 57.6. The first-order chi connectivity index (χ1) is 44.2. The maximum absolute atomic E-state index is 11.4. The van der Waals surface area contributed by atoms with Crippen LogP contribution in [-0.4, -0.2) is 141 Å². The Morgan fingerprint density at radius 2 is 0.685 bits per heavy atom. The number of carbonyl (C=O) groups excluding carboxylic acids is 7. The lowest BCUT2D eigenvalue weighted by molar-refractivity contribution is -0.142. The summed E-state index contributed by atoms with van der Waals surface area (Å²) in [5, 5.41) is 0. The second-order valence-corrected chi connectivity index (χ2v) is 25.0. The molecule has 0 heterocycles. The molecule has 5 rings (SSSR count). The van der Waals surface area contributed by atoms with Gasteiger partial charge in [-0.3, -0.25) is 9.59 Å². The van der Waals surface area contributed by atoms with Gasteiger partial charge in [0.15, 0.2) is 11.6 Å². The average molecular weight is 1300 g/mol. The molecule has 2 atom stereocenters. The molecule has 0 aromatic rings. The lowest BCUT2D eigenvalue weighted by Gasteiger charge is -2.28. The first-order valence-corrected chi connectivity index (χ1v) is 33.8. The van der Waals surface area contributed by atoms with Crippen LogP contribution in [0, 0.1) is 47.3 Å². The fourth-order valence-electron chi connectivity index (χ4n) is 10.9. The molecule has 522 valence electrons. The van der Waals surface area contributed by atoms with E-state index >= 15 is 0 Å². The van der Waals surface area contributed by atoms with E-state index in [2.05, 4.69) is 52.6 Å². The summed E-state index contributed by atoms with van der Waals surface area (Å²) in [4.78, 5) is 78.3. The molecule has 0 radical (unpaired) electrons. The average Bonchev–Trinajstić information content (AvgIpc) is 2.86. The number of esters is 4. The van der Waals surface area contributed by atoms with Crippen LogP contribution in [0.1, 0.15) is 182 Å². The van der Waals surface area contributed by atoms with Crippen LogP contribution < -0.4 is 0 Å².